The molecule has 2 aliphatic rings. The molecule has 2 aromatic rings. The fraction of sp³-hybridized carbons (Fsp3) is 0.438. The summed E-state index contributed by atoms with van der Waals surface area (Å²) in [7, 11) is 0. The lowest BCUT2D eigenvalue weighted by molar-refractivity contribution is -0.105. The Kier molecular flexibility index (Phi) is 3.49. The summed E-state index contributed by atoms with van der Waals surface area (Å²) in [6.07, 6.45) is 4.33. The molecular formula is C16H18N4O3. The second kappa shape index (κ2) is 5.66. The second-order valence-corrected chi connectivity index (χ2v) is 6.30. The number of nitrogens with zero attached hydrogens (tertiary/aromatic N) is 2. The molecule has 7 nitrogen and oxygen atoms in total. The van der Waals surface area contributed by atoms with E-state index in [4.69, 9.17) is 4.42 Å². The standard InChI is InChI=1S/C16H18N4O3/c21-9-18-15-5-11-4-13(17-6-14(11)23-15)16(22)19-12-3-10-1-2-20(7-10)8-12/h4-6,9-10,12H,1-3,7-8H2,(H,18,21)(H,19,22)/t10-,12+/m0/s1. The van der Waals surface area contributed by atoms with E-state index >= 15 is 0 Å². The highest BCUT2D eigenvalue weighted by Crippen LogP contribution is 2.27. The third-order valence-electron chi connectivity index (χ3n) is 4.64. The van der Waals surface area contributed by atoms with Gasteiger partial charge in [0.05, 0.1) is 6.20 Å². The van der Waals surface area contributed by atoms with Crippen molar-refractivity contribution in [1.29, 1.82) is 0 Å². The lowest BCUT2D eigenvalue weighted by atomic mass is 9.97. The summed E-state index contributed by atoms with van der Waals surface area (Å²) in [4.78, 5) is 29.4. The molecule has 2 N–H and O–H groups in total. The molecule has 2 aliphatic heterocycles. The topological polar surface area (TPSA) is 87.5 Å². The van der Waals surface area contributed by atoms with Crippen LogP contribution in [-0.2, 0) is 4.79 Å². The van der Waals surface area contributed by atoms with Crippen molar-refractivity contribution < 1.29 is 14.0 Å². The maximum Gasteiger partial charge on any atom is 0.270 e. The maximum absolute atomic E-state index is 12.4. The van der Waals surface area contributed by atoms with Gasteiger partial charge < -0.3 is 14.6 Å². The van der Waals surface area contributed by atoms with Gasteiger partial charge in [0.15, 0.2) is 5.58 Å². The molecule has 0 radical (unpaired) electrons. The fourth-order valence-electron chi connectivity index (χ4n) is 3.62. The van der Waals surface area contributed by atoms with Crippen molar-refractivity contribution in [3.8, 4) is 0 Å². The average Bonchev–Trinajstić information content (AvgIpc) is 3.09. The van der Waals surface area contributed by atoms with Gasteiger partial charge in [0.25, 0.3) is 5.91 Å². The van der Waals surface area contributed by atoms with Gasteiger partial charge in [-0.2, -0.15) is 0 Å². The lowest BCUT2D eigenvalue weighted by Crippen LogP contribution is -2.47. The molecule has 0 saturated carbocycles. The Balaban J connectivity index is 1.49. The molecule has 4 rings (SSSR count). The van der Waals surface area contributed by atoms with Gasteiger partial charge in [0.2, 0.25) is 12.3 Å². The number of hydrogen-bond acceptors (Lipinski definition) is 5. The van der Waals surface area contributed by atoms with E-state index in [1.807, 2.05) is 0 Å². The van der Waals surface area contributed by atoms with E-state index in [0.29, 0.717) is 29.5 Å². The molecule has 1 unspecified atom stereocenters. The number of amides is 2. The van der Waals surface area contributed by atoms with E-state index in [2.05, 4.69) is 20.5 Å². The predicted molar refractivity (Wildman–Crippen MR) is 84.1 cm³/mol. The van der Waals surface area contributed by atoms with Crippen molar-refractivity contribution in [1.82, 2.24) is 15.2 Å². The Bertz CT molecular complexity index is 745. The minimum absolute atomic E-state index is 0.162. The smallest absolute Gasteiger partial charge is 0.270 e. The van der Waals surface area contributed by atoms with Crippen molar-refractivity contribution in [2.45, 2.75) is 18.9 Å². The number of rotatable bonds is 4. The van der Waals surface area contributed by atoms with Crippen LogP contribution in [-0.4, -0.2) is 47.9 Å². The first-order valence-corrected chi connectivity index (χ1v) is 7.84. The van der Waals surface area contributed by atoms with Crippen LogP contribution in [0.4, 0.5) is 5.88 Å². The zero-order valence-corrected chi connectivity index (χ0v) is 12.6. The summed E-state index contributed by atoms with van der Waals surface area (Å²) in [6, 6.07) is 3.55. The van der Waals surface area contributed by atoms with E-state index in [1.54, 1.807) is 12.1 Å². The molecule has 23 heavy (non-hydrogen) atoms. The Hall–Kier alpha value is -2.41. The van der Waals surface area contributed by atoms with Gasteiger partial charge in [-0.25, -0.2) is 4.98 Å². The summed E-state index contributed by atoms with van der Waals surface area (Å²) >= 11 is 0. The van der Waals surface area contributed by atoms with Crippen LogP contribution in [0.3, 0.4) is 0 Å². The molecular weight excluding hydrogens is 296 g/mol. The molecule has 2 aromatic heterocycles. The van der Waals surface area contributed by atoms with Crippen LogP contribution < -0.4 is 10.6 Å². The number of fused-ring (bicyclic) bond motifs is 3. The minimum atomic E-state index is -0.162. The van der Waals surface area contributed by atoms with Crippen LogP contribution in [0.5, 0.6) is 0 Å². The first-order valence-electron chi connectivity index (χ1n) is 7.84. The van der Waals surface area contributed by atoms with Crippen molar-refractivity contribution in [2.24, 2.45) is 5.92 Å². The van der Waals surface area contributed by atoms with E-state index < -0.39 is 0 Å². The van der Waals surface area contributed by atoms with Crippen molar-refractivity contribution in [3.63, 3.8) is 0 Å². The molecule has 4 heterocycles. The van der Waals surface area contributed by atoms with E-state index in [1.165, 1.54) is 12.6 Å². The number of pyridine rings is 1. The molecule has 2 amide bonds. The summed E-state index contributed by atoms with van der Waals surface area (Å²) in [5.74, 6) is 0.881. The quantitative estimate of drug-likeness (QED) is 0.829. The van der Waals surface area contributed by atoms with Gasteiger partial charge in [-0.3, -0.25) is 14.9 Å². The molecule has 7 heteroatoms. The molecule has 2 bridgehead atoms. The number of carbonyl (C=O) groups excluding carboxylic acids is 2. The molecule has 2 fully saturated rings. The number of hydrogen-bond donors (Lipinski definition) is 2. The second-order valence-electron chi connectivity index (χ2n) is 6.30. The highest BCUT2D eigenvalue weighted by molar-refractivity contribution is 5.96. The number of nitrogens with one attached hydrogen (secondary N) is 2. The molecule has 120 valence electrons. The van der Waals surface area contributed by atoms with E-state index in [9.17, 15) is 9.59 Å². The maximum atomic E-state index is 12.4. The highest BCUT2D eigenvalue weighted by atomic mass is 16.4. The van der Waals surface area contributed by atoms with Crippen LogP contribution in [0.2, 0.25) is 0 Å². The largest absolute Gasteiger partial charge is 0.439 e. The Morgan fingerprint density at radius 3 is 3.13 bits per heavy atom. The van der Waals surface area contributed by atoms with Crippen molar-refractivity contribution in [2.75, 3.05) is 25.0 Å². The Labute approximate surface area is 133 Å². The first-order chi connectivity index (χ1) is 11.2. The Morgan fingerprint density at radius 2 is 2.30 bits per heavy atom. The third-order valence-corrected chi connectivity index (χ3v) is 4.64. The summed E-state index contributed by atoms with van der Waals surface area (Å²) in [6.45, 7) is 3.23. The van der Waals surface area contributed by atoms with Crippen LogP contribution in [0.25, 0.3) is 11.0 Å². The third kappa shape index (κ3) is 2.79. The summed E-state index contributed by atoms with van der Waals surface area (Å²) in [5.41, 5.74) is 0.900. The number of piperidine rings is 1. The average molecular weight is 314 g/mol. The van der Waals surface area contributed by atoms with Gasteiger partial charge in [-0.15, -0.1) is 0 Å². The normalized spacial score (nSPS) is 26.2. The Morgan fingerprint density at radius 1 is 1.39 bits per heavy atom. The fourth-order valence-corrected chi connectivity index (χ4v) is 3.62. The van der Waals surface area contributed by atoms with Gasteiger partial charge in [-0.1, -0.05) is 0 Å². The number of aromatic nitrogens is 1. The SMILES string of the molecule is O=CNc1cc2cc(C(=O)N[C@@H]3C[C@@H]4CCN(C4)C3)ncc2o1. The van der Waals surface area contributed by atoms with Gasteiger partial charge in [-0.05, 0) is 31.4 Å². The monoisotopic (exact) mass is 314 g/mol. The van der Waals surface area contributed by atoms with Gasteiger partial charge >= 0.3 is 0 Å². The molecule has 0 aliphatic carbocycles. The van der Waals surface area contributed by atoms with Crippen LogP contribution >= 0.6 is 0 Å². The zero-order chi connectivity index (χ0) is 15.8. The van der Waals surface area contributed by atoms with Crippen LogP contribution in [0.1, 0.15) is 23.3 Å². The van der Waals surface area contributed by atoms with E-state index in [-0.39, 0.29) is 11.9 Å². The van der Waals surface area contributed by atoms with Crippen molar-refractivity contribution >= 4 is 29.2 Å². The lowest BCUT2D eigenvalue weighted by Gasteiger charge is -2.30. The molecule has 0 spiro atoms. The van der Waals surface area contributed by atoms with Gasteiger partial charge in [0, 0.05) is 30.6 Å². The van der Waals surface area contributed by atoms with E-state index in [0.717, 1.165) is 31.4 Å². The predicted octanol–water partition coefficient (Wildman–Crippen LogP) is 1.22. The number of furan rings is 1. The van der Waals surface area contributed by atoms with Crippen LogP contribution in [0.15, 0.2) is 22.7 Å². The van der Waals surface area contributed by atoms with Crippen LogP contribution in [0, 0.1) is 5.92 Å². The minimum Gasteiger partial charge on any atom is -0.439 e. The zero-order valence-electron chi connectivity index (χ0n) is 12.6. The number of carbonyl (C=O) groups is 2. The van der Waals surface area contributed by atoms with Crippen molar-refractivity contribution in [3.05, 3.63) is 24.0 Å². The highest BCUT2D eigenvalue weighted by Gasteiger charge is 2.33. The summed E-state index contributed by atoms with van der Waals surface area (Å²) in [5, 5.41) is 6.27. The first kappa shape index (κ1) is 14.2. The molecule has 3 atom stereocenters. The molecule has 0 aromatic carbocycles. The number of anilines is 1. The van der Waals surface area contributed by atoms with Gasteiger partial charge in [0.1, 0.15) is 5.69 Å². The molecule has 2 saturated heterocycles. The summed E-state index contributed by atoms with van der Waals surface area (Å²) < 4.78 is 5.39.